The Labute approximate surface area is 204 Å². The zero-order chi connectivity index (χ0) is 22.4. The van der Waals surface area contributed by atoms with Crippen LogP contribution in [0, 0.1) is 0 Å². The van der Waals surface area contributed by atoms with Gasteiger partial charge in [-0.25, -0.2) is 9.79 Å². The number of carbonyl (C=O) groups is 1. The normalized spacial score (nSPS) is 11.5. The highest BCUT2D eigenvalue weighted by Gasteiger charge is 2.15. The minimum atomic E-state index is -0.486. The van der Waals surface area contributed by atoms with Crippen LogP contribution in [-0.2, 0) is 11.3 Å². The summed E-state index contributed by atoms with van der Waals surface area (Å²) in [5.74, 6) is 1.60. The second kappa shape index (κ2) is 16.0. The fourth-order valence-corrected chi connectivity index (χ4v) is 2.42. The molecule has 0 spiro atoms. The highest BCUT2D eigenvalue weighted by atomic mass is 127. The van der Waals surface area contributed by atoms with Crippen LogP contribution in [0.2, 0.25) is 0 Å². The Morgan fingerprint density at radius 2 is 1.77 bits per heavy atom. The maximum atomic E-state index is 11.7. The minimum absolute atomic E-state index is 0. The van der Waals surface area contributed by atoms with Crippen molar-refractivity contribution in [2.75, 3.05) is 46.9 Å². The number of nitrogens with zero attached hydrogens (tertiary/aromatic N) is 2. The molecule has 0 bridgehead atoms. The van der Waals surface area contributed by atoms with Crippen LogP contribution < -0.4 is 20.7 Å². The van der Waals surface area contributed by atoms with Gasteiger partial charge in [0.25, 0.3) is 0 Å². The van der Waals surface area contributed by atoms with Crippen LogP contribution >= 0.6 is 24.0 Å². The van der Waals surface area contributed by atoms with Crippen molar-refractivity contribution in [3.8, 4) is 5.75 Å². The monoisotopic (exact) mass is 549 g/mol. The van der Waals surface area contributed by atoms with E-state index in [1.165, 1.54) is 0 Å². The van der Waals surface area contributed by atoms with Gasteiger partial charge < -0.3 is 30.3 Å². The van der Waals surface area contributed by atoms with Crippen LogP contribution in [0.4, 0.5) is 4.79 Å². The van der Waals surface area contributed by atoms with Crippen LogP contribution in [0.1, 0.15) is 39.7 Å². The van der Waals surface area contributed by atoms with Crippen LogP contribution in [0.5, 0.6) is 5.75 Å². The Hall–Kier alpha value is -1.75. The molecule has 0 aliphatic heterocycles. The van der Waals surface area contributed by atoms with Gasteiger partial charge in [0.05, 0.1) is 6.54 Å². The number of likely N-dealkylation sites (N-methyl/N-ethyl adjacent to an activating group) is 1. The number of para-hydroxylation sites is 1. The van der Waals surface area contributed by atoms with Crippen molar-refractivity contribution in [2.45, 2.75) is 46.3 Å². The van der Waals surface area contributed by atoms with E-state index in [0.29, 0.717) is 26.2 Å². The Morgan fingerprint density at radius 3 is 2.42 bits per heavy atom. The first kappa shape index (κ1) is 29.2. The molecule has 0 saturated carbocycles. The molecule has 1 aromatic carbocycles. The molecule has 0 saturated heterocycles. The summed E-state index contributed by atoms with van der Waals surface area (Å²) in [5, 5.41) is 9.29. The Bertz CT molecular complexity index is 663. The molecule has 0 aliphatic rings. The lowest BCUT2D eigenvalue weighted by atomic mass is 10.2. The van der Waals surface area contributed by atoms with Gasteiger partial charge in [0.1, 0.15) is 18.0 Å². The van der Waals surface area contributed by atoms with E-state index in [4.69, 9.17) is 9.47 Å². The van der Waals surface area contributed by atoms with E-state index in [2.05, 4.69) is 25.8 Å². The van der Waals surface area contributed by atoms with E-state index in [1.54, 1.807) is 0 Å². The van der Waals surface area contributed by atoms with Crippen molar-refractivity contribution < 1.29 is 14.3 Å². The number of aliphatic imine (C=N–C) groups is 1. The average Bonchev–Trinajstić information content (AvgIpc) is 2.65. The van der Waals surface area contributed by atoms with Crippen molar-refractivity contribution in [1.29, 1.82) is 0 Å². The molecule has 3 N–H and O–H groups in total. The number of halogens is 1. The number of alkyl carbamates (subject to hydrolysis) is 1. The molecule has 0 fully saturated rings. The molecule has 0 aliphatic carbocycles. The average molecular weight is 549 g/mol. The second-order valence-corrected chi connectivity index (χ2v) is 8.16. The third-order valence-corrected chi connectivity index (χ3v) is 3.83. The Kier molecular flexibility index (Phi) is 15.1. The lowest BCUT2D eigenvalue weighted by molar-refractivity contribution is 0.0527. The largest absolute Gasteiger partial charge is 0.492 e. The summed E-state index contributed by atoms with van der Waals surface area (Å²) in [6.07, 6.45) is 0.363. The molecule has 1 rings (SSSR count). The van der Waals surface area contributed by atoms with E-state index < -0.39 is 11.7 Å². The topological polar surface area (TPSA) is 87.2 Å². The van der Waals surface area contributed by atoms with E-state index >= 15 is 0 Å². The number of benzene rings is 1. The van der Waals surface area contributed by atoms with Crippen LogP contribution in [0.25, 0.3) is 0 Å². The summed E-state index contributed by atoms with van der Waals surface area (Å²) < 4.78 is 11.1. The van der Waals surface area contributed by atoms with Gasteiger partial charge in [-0.15, -0.1) is 24.0 Å². The molecular formula is C22H40IN5O3. The van der Waals surface area contributed by atoms with Gasteiger partial charge in [0, 0.05) is 31.7 Å². The number of rotatable bonds is 11. The van der Waals surface area contributed by atoms with Crippen molar-refractivity contribution in [2.24, 2.45) is 4.99 Å². The Morgan fingerprint density at radius 1 is 1.10 bits per heavy atom. The highest BCUT2D eigenvalue weighted by molar-refractivity contribution is 14.0. The summed E-state index contributed by atoms with van der Waals surface area (Å²) in [6.45, 7) is 11.6. The zero-order valence-corrected chi connectivity index (χ0v) is 22.1. The number of carbonyl (C=O) groups excluding carboxylic acids is 1. The number of guanidine groups is 1. The fraction of sp³-hybridized carbons (Fsp3) is 0.636. The quantitative estimate of drug-likeness (QED) is 0.170. The molecular weight excluding hydrogens is 509 g/mol. The molecule has 1 amide bonds. The maximum absolute atomic E-state index is 11.7. The first-order valence-corrected chi connectivity index (χ1v) is 10.6. The summed E-state index contributed by atoms with van der Waals surface area (Å²) >= 11 is 0. The van der Waals surface area contributed by atoms with E-state index in [-0.39, 0.29) is 24.0 Å². The molecule has 0 atom stereocenters. The van der Waals surface area contributed by atoms with Crippen molar-refractivity contribution in [3.63, 3.8) is 0 Å². The number of nitrogens with one attached hydrogen (secondary N) is 3. The van der Waals surface area contributed by atoms with Gasteiger partial charge >= 0.3 is 6.09 Å². The van der Waals surface area contributed by atoms with Crippen LogP contribution in [0.15, 0.2) is 29.3 Å². The van der Waals surface area contributed by atoms with Crippen molar-refractivity contribution in [3.05, 3.63) is 29.8 Å². The van der Waals surface area contributed by atoms with E-state index in [0.717, 1.165) is 36.8 Å². The molecule has 0 heterocycles. The van der Waals surface area contributed by atoms with Gasteiger partial charge in [0.2, 0.25) is 0 Å². The van der Waals surface area contributed by atoms with Crippen LogP contribution in [-0.4, -0.2) is 69.4 Å². The van der Waals surface area contributed by atoms with E-state index in [1.807, 2.05) is 66.1 Å². The minimum Gasteiger partial charge on any atom is -0.492 e. The van der Waals surface area contributed by atoms with E-state index in [9.17, 15) is 4.79 Å². The molecule has 9 heteroatoms. The van der Waals surface area contributed by atoms with Gasteiger partial charge in [-0.2, -0.15) is 0 Å². The Balaban J connectivity index is 0.00000900. The maximum Gasteiger partial charge on any atom is 0.407 e. The molecule has 178 valence electrons. The molecule has 0 radical (unpaired) electrons. The number of ether oxygens (including phenoxy) is 2. The summed E-state index contributed by atoms with van der Waals surface area (Å²) in [4.78, 5) is 18.4. The summed E-state index contributed by atoms with van der Waals surface area (Å²) in [7, 11) is 4.05. The highest BCUT2D eigenvalue weighted by Crippen LogP contribution is 2.18. The van der Waals surface area contributed by atoms with Gasteiger partial charge in [-0.1, -0.05) is 18.2 Å². The third-order valence-electron chi connectivity index (χ3n) is 3.83. The SMILES string of the molecule is CCNC(=NCc1ccccc1OCCN(C)C)NCCCNC(=O)OC(C)(C)C.I. The lowest BCUT2D eigenvalue weighted by Crippen LogP contribution is -2.39. The van der Waals surface area contributed by atoms with Crippen molar-refractivity contribution >= 4 is 36.0 Å². The van der Waals surface area contributed by atoms with Crippen molar-refractivity contribution in [1.82, 2.24) is 20.9 Å². The first-order valence-electron chi connectivity index (χ1n) is 10.6. The standard InChI is InChI=1S/C22H39N5O3.HI/c1-7-23-20(24-13-10-14-25-21(28)30-22(2,3)4)26-17-18-11-8-9-12-19(18)29-16-15-27(5)6;/h8-9,11-12H,7,10,13-17H2,1-6H3,(H,25,28)(H2,23,24,26);1H. The number of hydrogen-bond donors (Lipinski definition) is 3. The molecule has 0 unspecified atom stereocenters. The first-order chi connectivity index (χ1) is 14.2. The molecule has 31 heavy (non-hydrogen) atoms. The fourth-order valence-electron chi connectivity index (χ4n) is 2.42. The number of hydrogen-bond acceptors (Lipinski definition) is 5. The number of amides is 1. The zero-order valence-electron chi connectivity index (χ0n) is 19.8. The smallest absolute Gasteiger partial charge is 0.407 e. The van der Waals surface area contributed by atoms with Crippen LogP contribution in [0.3, 0.4) is 0 Å². The predicted molar refractivity (Wildman–Crippen MR) is 138 cm³/mol. The third kappa shape index (κ3) is 14.8. The summed E-state index contributed by atoms with van der Waals surface area (Å²) in [6, 6.07) is 7.97. The molecule has 1 aromatic rings. The van der Waals surface area contributed by atoms with Gasteiger partial charge in [-0.3, -0.25) is 0 Å². The molecule has 8 nitrogen and oxygen atoms in total. The summed E-state index contributed by atoms with van der Waals surface area (Å²) in [5.41, 5.74) is 0.555. The molecule has 0 aromatic heterocycles. The van der Waals surface area contributed by atoms with Gasteiger partial charge in [-0.05, 0) is 54.3 Å². The predicted octanol–water partition coefficient (Wildman–Crippen LogP) is 3.21. The lowest BCUT2D eigenvalue weighted by Gasteiger charge is -2.19. The second-order valence-electron chi connectivity index (χ2n) is 8.16. The van der Waals surface area contributed by atoms with Gasteiger partial charge in [0.15, 0.2) is 5.96 Å².